The largest absolute Gasteiger partial charge is 0.481 e. The summed E-state index contributed by atoms with van der Waals surface area (Å²) in [6.07, 6.45) is -3.40. The Morgan fingerprint density at radius 1 is 1.29 bits per heavy atom. The van der Waals surface area contributed by atoms with Crippen molar-refractivity contribution in [1.29, 1.82) is 0 Å². The van der Waals surface area contributed by atoms with Gasteiger partial charge < -0.3 is 20.4 Å². The molecule has 9 heteroatoms. The van der Waals surface area contributed by atoms with Crippen LogP contribution in [0.3, 0.4) is 0 Å². The Kier molecular flexibility index (Phi) is 7.31. The first-order valence-corrected chi connectivity index (χ1v) is 7.99. The maximum absolute atomic E-state index is 12.9. The van der Waals surface area contributed by atoms with E-state index < -0.39 is 43.1 Å². The molecule has 0 radical (unpaired) electrons. The molecule has 0 aromatic heterocycles. The summed E-state index contributed by atoms with van der Waals surface area (Å²) in [5.74, 6) is -4.86. The van der Waals surface area contributed by atoms with Crippen LogP contribution in [0.25, 0.3) is 0 Å². The Labute approximate surface area is 139 Å². The Balaban J connectivity index is 2.63. The molecule has 0 aromatic rings. The average Bonchev–Trinajstić information content (AvgIpc) is 2.89. The number of aliphatic hydroxyl groups is 1. The minimum Gasteiger partial charge on any atom is -0.481 e. The maximum Gasteiger partial charge on any atom is 0.394 e. The molecule has 140 valence electrons. The van der Waals surface area contributed by atoms with Crippen LogP contribution in [0.2, 0.25) is 0 Å². The summed E-state index contributed by atoms with van der Waals surface area (Å²) in [6, 6.07) is -0.695. The van der Waals surface area contributed by atoms with E-state index in [4.69, 9.17) is 10.2 Å². The van der Waals surface area contributed by atoms with E-state index in [9.17, 15) is 22.8 Å². The summed E-state index contributed by atoms with van der Waals surface area (Å²) in [7, 11) is 0. The van der Waals surface area contributed by atoms with E-state index in [1.807, 2.05) is 13.8 Å². The number of carbonyl (C=O) groups is 2. The van der Waals surface area contributed by atoms with Gasteiger partial charge in [0, 0.05) is 26.2 Å². The minimum atomic E-state index is -4.66. The molecular weight excluding hydrogens is 329 g/mol. The van der Waals surface area contributed by atoms with Gasteiger partial charge in [-0.15, -0.1) is 0 Å². The summed E-state index contributed by atoms with van der Waals surface area (Å²) in [4.78, 5) is 24.0. The molecule has 1 fully saturated rings. The van der Waals surface area contributed by atoms with Crippen molar-refractivity contribution in [1.82, 2.24) is 10.2 Å². The molecule has 0 aromatic carbocycles. The van der Waals surface area contributed by atoms with Crippen molar-refractivity contribution in [2.24, 2.45) is 23.7 Å². The van der Waals surface area contributed by atoms with Crippen LogP contribution in [0, 0.1) is 23.7 Å². The first-order chi connectivity index (χ1) is 11.1. The molecule has 1 heterocycles. The van der Waals surface area contributed by atoms with Crippen LogP contribution in [0.15, 0.2) is 0 Å². The lowest BCUT2D eigenvalue weighted by molar-refractivity contribution is -0.187. The molecule has 2 amide bonds. The molecule has 0 aliphatic carbocycles. The standard InChI is InChI=1S/C15H25F3N2O4/c1-9(2)5-10(3-4-21)6-19-14(24)20-7-11(13(22)23)12(8-20)15(16,17)18/h9-12,21H,3-8H2,1-2H3,(H,19,24)(H,22,23)/t10?,11-,12-/m1/s1. The fraction of sp³-hybridized carbons (Fsp3) is 0.867. The number of nitrogens with one attached hydrogen (secondary N) is 1. The van der Waals surface area contributed by atoms with Gasteiger partial charge in [-0.2, -0.15) is 13.2 Å². The molecule has 1 unspecified atom stereocenters. The van der Waals surface area contributed by atoms with Crippen LogP contribution in [-0.2, 0) is 4.79 Å². The molecule has 3 N–H and O–H groups in total. The van der Waals surface area contributed by atoms with Crippen LogP contribution < -0.4 is 5.32 Å². The molecule has 0 saturated carbocycles. The Morgan fingerprint density at radius 2 is 1.92 bits per heavy atom. The first-order valence-electron chi connectivity index (χ1n) is 7.99. The lowest BCUT2D eigenvalue weighted by Crippen LogP contribution is -2.41. The molecule has 0 spiro atoms. The van der Waals surface area contributed by atoms with Crippen LogP contribution in [0.1, 0.15) is 26.7 Å². The van der Waals surface area contributed by atoms with Crippen molar-refractivity contribution in [2.75, 3.05) is 26.2 Å². The van der Waals surface area contributed by atoms with Crippen molar-refractivity contribution in [2.45, 2.75) is 32.9 Å². The number of rotatable bonds is 7. The zero-order valence-corrected chi connectivity index (χ0v) is 13.8. The van der Waals surface area contributed by atoms with Gasteiger partial charge in [-0.25, -0.2) is 4.79 Å². The molecule has 24 heavy (non-hydrogen) atoms. The molecular formula is C15H25F3N2O4. The number of carbonyl (C=O) groups excluding carboxylic acids is 1. The lowest BCUT2D eigenvalue weighted by atomic mass is 9.94. The molecule has 1 saturated heterocycles. The van der Waals surface area contributed by atoms with Gasteiger partial charge in [0.25, 0.3) is 0 Å². The van der Waals surface area contributed by atoms with Crippen LogP contribution in [-0.4, -0.2) is 59.5 Å². The second-order valence-corrected chi connectivity index (χ2v) is 6.69. The summed E-state index contributed by atoms with van der Waals surface area (Å²) in [5, 5.41) is 20.5. The zero-order chi connectivity index (χ0) is 18.5. The summed E-state index contributed by atoms with van der Waals surface area (Å²) < 4.78 is 38.7. The monoisotopic (exact) mass is 354 g/mol. The van der Waals surface area contributed by atoms with E-state index in [1.54, 1.807) is 0 Å². The van der Waals surface area contributed by atoms with Gasteiger partial charge in [0.2, 0.25) is 0 Å². The molecule has 3 atom stereocenters. The van der Waals surface area contributed by atoms with Gasteiger partial charge in [-0.1, -0.05) is 13.8 Å². The van der Waals surface area contributed by atoms with E-state index in [0.29, 0.717) is 12.3 Å². The average molecular weight is 354 g/mol. The number of hydrogen-bond acceptors (Lipinski definition) is 3. The highest BCUT2D eigenvalue weighted by Gasteiger charge is 2.53. The number of aliphatic carboxylic acids is 1. The summed E-state index contributed by atoms with van der Waals surface area (Å²) >= 11 is 0. The van der Waals surface area contributed by atoms with Crippen molar-refractivity contribution in [3.8, 4) is 0 Å². The zero-order valence-electron chi connectivity index (χ0n) is 13.8. The quantitative estimate of drug-likeness (QED) is 0.652. The number of hydrogen-bond donors (Lipinski definition) is 3. The Morgan fingerprint density at radius 3 is 2.33 bits per heavy atom. The van der Waals surface area contributed by atoms with Crippen LogP contribution in [0.4, 0.5) is 18.0 Å². The van der Waals surface area contributed by atoms with Crippen LogP contribution in [0.5, 0.6) is 0 Å². The molecule has 1 aliphatic heterocycles. The highest BCUT2D eigenvalue weighted by Crippen LogP contribution is 2.37. The van der Waals surface area contributed by atoms with Crippen molar-refractivity contribution < 1.29 is 33.0 Å². The second kappa shape index (κ2) is 8.55. The fourth-order valence-electron chi connectivity index (χ4n) is 3.05. The van der Waals surface area contributed by atoms with Crippen LogP contribution >= 0.6 is 0 Å². The van der Waals surface area contributed by atoms with Gasteiger partial charge in [0.05, 0.1) is 11.8 Å². The Hall–Kier alpha value is -1.51. The third-order valence-electron chi connectivity index (χ3n) is 4.23. The van der Waals surface area contributed by atoms with E-state index in [0.717, 1.165) is 11.3 Å². The minimum absolute atomic E-state index is 0.0234. The first kappa shape index (κ1) is 20.5. The number of alkyl halides is 3. The lowest BCUT2D eigenvalue weighted by Gasteiger charge is -2.22. The number of aliphatic hydroxyl groups excluding tert-OH is 1. The van der Waals surface area contributed by atoms with Gasteiger partial charge >= 0.3 is 18.2 Å². The number of carboxylic acids is 1. The van der Waals surface area contributed by atoms with Gasteiger partial charge in [0.1, 0.15) is 0 Å². The maximum atomic E-state index is 12.9. The van der Waals surface area contributed by atoms with E-state index in [1.165, 1.54) is 0 Å². The summed E-state index contributed by atoms with van der Waals surface area (Å²) in [6.45, 7) is 3.09. The SMILES string of the molecule is CC(C)CC(CCO)CNC(=O)N1C[C@@H](C(F)(F)F)[C@H](C(=O)O)C1. The van der Waals surface area contributed by atoms with Gasteiger partial charge in [-0.3, -0.25) is 4.79 Å². The smallest absolute Gasteiger partial charge is 0.394 e. The normalized spacial score (nSPS) is 22.7. The topological polar surface area (TPSA) is 89.9 Å². The molecule has 1 aliphatic rings. The third-order valence-corrected chi connectivity index (χ3v) is 4.23. The molecule has 1 rings (SSSR count). The van der Waals surface area contributed by atoms with E-state index in [-0.39, 0.29) is 19.1 Å². The highest BCUT2D eigenvalue weighted by atomic mass is 19.4. The number of carboxylic acid groups (broad SMARTS) is 1. The predicted molar refractivity (Wildman–Crippen MR) is 80.3 cm³/mol. The number of nitrogens with zero attached hydrogens (tertiary/aromatic N) is 1. The summed E-state index contributed by atoms with van der Waals surface area (Å²) in [5.41, 5.74) is 0. The highest BCUT2D eigenvalue weighted by molar-refractivity contribution is 5.77. The predicted octanol–water partition coefficient (Wildman–Crippen LogP) is 1.94. The number of amides is 2. The Bertz CT molecular complexity index is 443. The number of urea groups is 1. The van der Waals surface area contributed by atoms with Crippen molar-refractivity contribution in [3.05, 3.63) is 0 Å². The van der Waals surface area contributed by atoms with Crippen molar-refractivity contribution in [3.63, 3.8) is 0 Å². The van der Waals surface area contributed by atoms with E-state index >= 15 is 0 Å². The van der Waals surface area contributed by atoms with Gasteiger partial charge in [0.15, 0.2) is 0 Å². The number of likely N-dealkylation sites (tertiary alicyclic amines) is 1. The van der Waals surface area contributed by atoms with E-state index in [2.05, 4.69) is 5.32 Å². The fourth-order valence-corrected chi connectivity index (χ4v) is 3.05. The number of halogens is 3. The van der Waals surface area contributed by atoms with Gasteiger partial charge in [-0.05, 0) is 24.7 Å². The second-order valence-electron chi connectivity index (χ2n) is 6.69. The molecule has 0 bridgehead atoms. The molecule has 6 nitrogen and oxygen atoms in total. The third kappa shape index (κ3) is 5.85. The van der Waals surface area contributed by atoms with Crippen molar-refractivity contribution >= 4 is 12.0 Å².